The van der Waals surface area contributed by atoms with Crippen LogP contribution in [0.5, 0.6) is 0 Å². The number of hydrogen-bond donors (Lipinski definition) is 2. The molecule has 1 aliphatic heterocycles. The molecule has 6 heteroatoms. The third-order valence-corrected chi connectivity index (χ3v) is 3.09. The lowest BCUT2D eigenvalue weighted by Crippen LogP contribution is -2.40. The lowest BCUT2D eigenvalue weighted by molar-refractivity contribution is -0.120. The summed E-state index contributed by atoms with van der Waals surface area (Å²) in [5, 5.41) is 6.41. The van der Waals surface area contributed by atoms with E-state index in [1.807, 2.05) is 0 Å². The highest BCUT2D eigenvalue weighted by atomic mass is 35.5. The van der Waals surface area contributed by atoms with Crippen LogP contribution in [0.25, 0.3) is 0 Å². The van der Waals surface area contributed by atoms with Gasteiger partial charge in [0.1, 0.15) is 17.3 Å². The van der Waals surface area contributed by atoms with Crippen LogP contribution in [-0.2, 0) is 4.79 Å². The third kappa shape index (κ3) is 3.38. The average Bonchev–Trinajstić information content (AvgIpc) is 2.29. The number of hydrogen-bond acceptors (Lipinski definition) is 4. The molecule has 1 saturated heterocycles. The lowest BCUT2D eigenvalue weighted by atomic mass is 9.92. The average molecular weight is 255 g/mol. The van der Waals surface area contributed by atoms with E-state index in [9.17, 15) is 4.79 Å². The van der Waals surface area contributed by atoms with Crippen LogP contribution in [0.2, 0.25) is 5.15 Å². The molecular formula is C11H15ClN4O. The Hall–Kier alpha value is -1.20. The van der Waals surface area contributed by atoms with Crippen molar-refractivity contribution in [2.45, 2.75) is 25.8 Å². The first-order valence-electron chi connectivity index (χ1n) is 5.67. The van der Waals surface area contributed by atoms with Gasteiger partial charge in [-0.25, -0.2) is 9.97 Å². The minimum absolute atomic E-state index is 0.00752. The molecule has 0 aliphatic carbocycles. The smallest absolute Gasteiger partial charge is 0.228 e. The molecule has 2 N–H and O–H groups in total. The molecule has 0 saturated carbocycles. The second-order valence-electron chi connectivity index (χ2n) is 4.29. The Kier molecular flexibility index (Phi) is 3.91. The van der Waals surface area contributed by atoms with E-state index >= 15 is 0 Å². The zero-order valence-electron chi connectivity index (χ0n) is 9.61. The van der Waals surface area contributed by atoms with E-state index < -0.39 is 0 Å². The maximum absolute atomic E-state index is 12.0. The number of anilines is 1. The maximum Gasteiger partial charge on any atom is 0.228 e. The van der Waals surface area contributed by atoms with Gasteiger partial charge in [-0.3, -0.25) is 4.79 Å². The summed E-state index contributed by atoms with van der Waals surface area (Å²) in [7, 11) is 0. The zero-order valence-corrected chi connectivity index (χ0v) is 10.4. The van der Waals surface area contributed by atoms with Crippen LogP contribution in [-0.4, -0.2) is 28.5 Å². The molecule has 2 heterocycles. The van der Waals surface area contributed by atoms with Crippen molar-refractivity contribution in [3.8, 4) is 0 Å². The Labute approximate surface area is 105 Å². The standard InChI is InChI=1S/C11H15ClN4O/c1-7-4-8(2-3-13-7)11(17)16-10-5-9(12)14-6-15-10/h5-8,13H,2-4H2,1H3,(H,14,15,16,17). The van der Waals surface area contributed by atoms with Crippen molar-refractivity contribution in [2.24, 2.45) is 5.92 Å². The van der Waals surface area contributed by atoms with Crippen LogP contribution < -0.4 is 10.6 Å². The molecule has 1 aliphatic rings. The Bertz CT molecular complexity index is 412. The number of aromatic nitrogens is 2. The molecule has 2 atom stereocenters. The van der Waals surface area contributed by atoms with Crippen LogP contribution in [0.4, 0.5) is 5.82 Å². The molecule has 0 bridgehead atoms. The van der Waals surface area contributed by atoms with Crippen molar-refractivity contribution in [3.05, 3.63) is 17.5 Å². The summed E-state index contributed by atoms with van der Waals surface area (Å²) in [4.78, 5) is 19.7. The summed E-state index contributed by atoms with van der Waals surface area (Å²) in [6.07, 6.45) is 3.04. The van der Waals surface area contributed by atoms with Crippen LogP contribution in [0, 0.1) is 5.92 Å². The van der Waals surface area contributed by atoms with E-state index in [1.165, 1.54) is 6.33 Å². The Balaban J connectivity index is 1.96. The Morgan fingerprint density at radius 2 is 2.41 bits per heavy atom. The number of nitrogens with one attached hydrogen (secondary N) is 2. The Morgan fingerprint density at radius 3 is 3.12 bits per heavy atom. The summed E-state index contributed by atoms with van der Waals surface area (Å²) in [6.45, 7) is 2.96. The van der Waals surface area contributed by atoms with Gasteiger partial charge in [-0.2, -0.15) is 0 Å². The van der Waals surface area contributed by atoms with Gasteiger partial charge >= 0.3 is 0 Å². The number of rotatable bonds is 2. The van der Waals surface area contributed by atoms with Gasteiger partial charge in [0, 0.05) is 18.0 Å². The van der Waals surface area contributed by atoms with Crippen molar-refractivity contribution in [3.63, 3.8) is 0 Å². The van der Waals surface area contributed by atoms with Crippen molar-refractivity contribution >= 4 is 23.3 Å². The van der Waals surface area contributed by atoms with Gasteiger partial charge in [-0.05, 0) is 26.3 Å². The first-order valence-corrected chi connectivity index (χ1v) is 6.05. The summed E-state index contributed by atoms with van der Waals surface area (Å²) in [6, 6.07) is 1.93. The van der Waals surface area contributed by atoms with E-state index in [0.29, 0.717) is 17.0 Å². The van der Waals surface area contributed by atoms with E-state index in [2.05, 4.69) is 27.5 Å². The molecule has 1 aromatic rings. The van der Waals surface area contributed by atoms with Gasteiger partial charge in [0.05, 0.1) is 0 Å². The number of halogens is 1. The van der Waals surface area contributed by atoms with Gasteiger partial charge in [-0.15, -0.1) is 0 Å². The molecule has 2 rings (SSSR count). The zero-order chi connectivity index (χ0) is 12.3. The lowest BCUT2D eigenvalue weighted by Gasteiger charge is -2.26. The normalized spacial score (nSPS) is 24.4. The summed E-state index contributed by atoms with van der Waals surface area (Å²) < 4.78 is 0. The highest BCUT2D eigenvalue weighted by Gasteiger charge is 2.24. The minimum Gasteiger partial charge on any atom is -0.314 e. The third-order valence-electron chi connectivity index (χ3n) is 2.88. The summed E-state index contributed by atoms with van der Waals surface area (Å²) in [5.41, 5.74) is 0. The van der Waals surface area contributed by atoms with Gasteiger partial charge < -0.3 is 10.6 Å². The number of nitrogens with zero attached hydrogens (tertiary/aromatic N) is 2. The summed E-state index contributed by atoms with van der Waals surface area (Å²) >= 11 is 5.72. The second-order valence-corrected chi connectivity index (χ2v) is 4.68. The van der Waals surface area contributed by atoms with Gasteiger partial charge in [0.2, 0.25) is 5.91 Å². The number of amides is 1. The van der Waals surface area contributed by atoms with Crippen LogP contribution in [0.3, 0.4) is 0 Å². The van der Waals surface area contributed by atoms with Crippen molar-refractivity contribution in [2.75, 3.05) is 11.9 Å². The predicted molar refractivity (Wildman–Crippen MR) is 65.9 cm³/mol. The Morgan fingerprint density at radius 1 is 1.59 bits per heavy atom. The van der Waals surface area contributed by atoms with Crippen LogP contribution in [0.1, 0.15) is 19.8 Å². The molecule has 5 nitrogen and oxygen atoms in total. The number of piperidine rings is 1. The fraction of sp³-hybridized carbons (Fsp3) is 0.545. The molecule has 0 radical (unpaired) electrons. The van der Waals surface area contributed by atoms with E-state index in [4.69, 9.17) is 11.6 Å². The summed E-state index contributed by atoms with van der Waals surface area (Å²) in [5.74, 6) is 0.509. The molecule has 92 valence electrons. The molecule has 1 amide bonds. The molecule has 2 unspecified atom stereocenters. The van der Waals surface area contributed by atoms with E-state index in [-0.39, 0.29) is 11.8 Å². The number of carbonyl (C=O) groups is 1. The van der Waals surface area contributed by atoms with Crippen molar-refractivity contribution in [1.29, 1.82) is 0 Å². The van der Waals surface area contributed by atoms with E-state index in [0.717, 1.165) is 19.4 Å². The molecule has 17 heavy (non-hydrogen) atoms. The van der Waals surface area contributed by atoms with Gasteiger partial charge in [0.15, 0.2) is 0 Å². The molecular weight excluding hydrogens is 240 g/mol. The second kappa shape index (κ2) is 5.42. The fourth-order valence-electron chi connectivity index (χ4n) is 2.00. The first-order chi connectivity index (χ1) is 8.15. The largest absolute Gasteiger partial charge is 0.314 e. The van der Waals surface area contributed by atoms with Crippen molar-refractivity contribution < 1.29 is 4.79 Å². The molecule has 0 spiro atoms. The first kappa shape index (κ1) is 12.3. The number of carbonyl (C=O) groups excluding carboxylic acids is 1. The highest BCUT2D eigenvalue weighted by molar-refractivity contribution is 6.29. The minimum atomic E-state index is 0.00752. The van der Waals surface area contributed by atoms with Gasteiger partial charge in [-0.1, -0.05) is 11.6 Å². The quantitative estimate of drug-likeness (QED) is 0.784. The van der Waals surface area contributed by atoms with Crippen LogP contribution >= 0.6 is 11.6 Å². The predicted octanol–water partition coefficient (Wildman–Crippen LogP) is 1.46. The molecule has 1 fully saturated rings. The highest BCUT2D eigenvalue weighted by Crippen LogP contribution is 2.18. The fourth-order valence-corrected chi connectivity index (χ4v) is 2.15. The molecule has 0 aromatic carbocycles. The monoisotopic (exact) mass is 254 g/mol. The topological polar surface area (TPSA) is 66.9 Å². The maximum atomic E-state index is 12.0. The molecule has 1 aromatic heterocycles. The van der Waals surface area contributed by atoms with Gasteiger partial charge in [0.25, 0.3) is 0 Å². The van der Waals surface area contributed by atoms with Crippen LogP contribution in [0.15, 0.2) is 12.4 Å². The van der Waals surface area contributed by atoms with Crippen molar-refractivity contribution in [1.82, 2.24) is 15.3 Å². The SMILES string of the molecule is CC1CC(C(=O)Nc2cc(Cl)ncn2)CCN1. The van der Waals surface area contributed by atoms with E-state index in [1.54, 1.807) is 6.07 Å².